The molecular formula is C17H19FN2O2. The van der Waals surface area contributed by atoms with Gasteiger partial charge in [-0.1, -0.05) is 6.92 Å². The average Bonchev–Trinajstić information content (AvgIpc) is 2.60. The van der Waals surface area contributed by atoms with E-state index in [0.29, 0.717) is 37.2 Å². The van der Waals surface area contributed by atoms with Crippen LogP contribution in [0, 0.1) is 28.5 Å². The fraction of sp³-hybridized carbons (Fsp3) is 0.529. The Morgan fingerprint density at radius 1 is 1.50 bits per heavy atom. The minimum atomic E-state index is -0.474. The van der Waals surface area contributed by atoms with Gasteiger partial charge in [0, 0.05) is 23.4 Å². The molecule has 1 atom stereocenters. The van der Waals surface area contributed by atoms with Crippen LogP contribution in [0.2, 0.25) is 0 Å². The van der Waals surface area contributed by atoms with Crippen molar-refractivity contribution in [3.8, 4) is 11.8 Å². The predicted octanol–water partition coefficient (Wildman–Crippen LogP) is 2.88. The van der Waals surface area contributed by atoms with Crippen molar-refractivity contribution in [3.63, 3.8) is 0 Å². The van der Waals surface area contributed by atoms with Crippen molar-refractivity contribution in [1.82, 2.24) is 4.90 Å². The van der Waals surface area contributed by atoms with E-state index in [1.165, 1.54) is 12.1 Å². The maximum absolute atomic E-state index is 13.5. The van der Waals surface area contributed by atoms with Gasteiger partial charge in [0.2, 0.25) is 5.91 Å². The fourth-order valence-electron chi connectivity index (χ4n) is 3.45. The van der Waals surface area contributed by atoms with Crippen LogP contribution in [0.3, 0.4) is 0 Å². The lowest BCUT2D eigenvalue weighted by Gasteiger charge is -2.43. The fourth-order valence-corrected chi connectivity index (χ4v) is 3.45. The molecule has 1 saturated carbocycles. The maximum atomic E-state index is 13.5. The molecule has 2 aliphatic rings. The first-order valence-corrected chi connectivity index (χ1v) is 7.55. The molecule has 5 heteroatoms. The van der Waals surface area contributed by atoms with Crippen LogP contribution in [0.25, 0.3) is 0 Å². The summed E-state index contributed by atoms with van der Waals surface area (Å²) in [7, 11) is 0. The van der Waals surface area contributed by atoms with Crippen LogP contribution in [-0.4, -0.2) is 23.5 Å². The van der Waals surface area contributed by atoms with Crippen molar-refractivity contribution in [2.24, 2.45) is 11.3 Å². The summed E-state index contributed by atoms with van der Waals surface area (Å²) in [5.41, 5.74) is 0.218. The van der Waals surface area contributed by atoms with Gasteiger partial charge in [-0.3, -0.25) is 4.79 Å². The maximum Gasteiger partial charge on any atom is 0.229 e. The van der Waals surface area contributed by atoms with Gasteiger partial charge < -0.3 is 9.64 Å². The number of hydrogen-bond acceptors (Lipinski definition) is 3. The molecular weight excluding hydrogens is 283 g/mol. The van der Waals surface area contributed by atoms with Gasteiger partial charge in [0.25, 0.3) is 0 Å². The molecule has 1 aliphatic heterocycles. The summed E-state index contributed by atoms with van der Waals surface area (Å²) in [6.07, 6.45) is 1.06. The zero-order valence-corrected chi connectivity index (χ0v) is 12.8. The third kappa shape index (κ3) is 2.54. The zero-order chi connectivity index (χ0) is 15.9. The largest absolute Gasteiger partial charge is 0.489 e. The van der Waals surface area contributed by atoms with Crippen LogP contribution >= 0.6 is 0 Å². The third-order valence-electron chi connectivity index (χ3n) is 4.57. The Labute approximate surface area is 129 Å². The molecule has 1 amide bonds. The van der Waals surface area contributed by atoms with Crippen LogP contribution < -0.4 is 4.74 Å². The molecule has 0 N–H and O–H groups in total. The van der Waals surface area contributed by atoms with Crippen molar-refractivity contribution < 1.29 is 13.9 Å². The smallest absolute Gasteiger partial charge is 0.229 e. The Hall–Kier alpha value is -2.09. The highest BCUT2D eigenvalue weighted by Crippen LogP contribution is 2.46. The van der Waals surface area contributed by atoms with Crippen LogP contribution in [0.1, 0.15) is 32.3 Å². The number of fused-ring (bicyclic) bond motifs is 1. The number of halogens is 1. The van der Waals surface area contributed by atoms with E-state index >= 15 is 0 Å². The number of nitrogens with zero attached hydrogens (tertiary/aromatic N) is 2. The number of nitriles is 1. The van der Waals surface area contributed by atoms with Crippen molar-refractivity contribution >= 4 is 5.91 Å². The molecule has 0 unspecified atom stereocenters. The molecule has 0 spiro atoms. The lowest BCUT2D eigenvalue weighted by molar-refractivity contribution is -0.149. The molecule has 1 aromatic carbocycles. The van der Waals surface area contributed by atoms with Crippen LogP contribution in [0.4, 0.5) is 4.39 Å². The van der Waals surface area contributed by atoms with Gasteiger partial charge in [-0.2, -0.15) is 5.26 Å². The number of carbonyl (C=O) groups excluding carboxylic acids is 1. The summed E-state index contributed by atoms with van der Waals surface area (Å²) in [4.78, 5) is 14.6. The standard InChI is InChI=1S/C17H19FN2O2/c1-11-9-20(16(21)17(2)6-12(7-17)8-19)10-13-5-14(18)3-4-15(13)22-11/h3-5,11-12H,6-7,9-10H2,1-2H3/t11-,12?,17?/m0/s1. The summed E-state index contributed by atoms with van der Waals surface area (Å²) in [5.74, 6) is 0.312. The van der Waals surface area contributed by atoms with Crippen molar-refractivity contribution in [1.29, 1.82) is 5.26 Å². The monoisotopic (exact) mass is 302 g/mol. The molecule has 0 aromatic heterocycles. The zero-order valence-electron chi connectivity index (χ0n) is 12.8. The Bertz CT molecular complexity index is 647. The number of rotatable bonds is 1. The van der Waals surface area contributed by atoms with E-state index in [0.717, 1.165) is 0 Å². The number of carbonyl (C=O) groups is 1. The SMILES string of the molecule is C[C@H]1CN(C(=O)C2(C)CC(C#N)C2)Cc2cc(F)ccc2O1. The van der Waals surface area contributed by atoms with Gasteiger partial charge in [-0.25, -0.2) is 4.39 Å². The minimum Gasteiger partial charge on any atom is -0.489 e. The second-order valence-electron chi connectivity index (χ2n) is 6.66. The average molecular weight is 302 g/mol. The Kier molecular flexibility index (Phi) is 3.56. The van der Waals surface area contributed by atoms with Crippen LogP contribution in [0.5, 0.6) is 5.75 Å². The van der Waals surface area contributed by atoms with E-state index in [1.54, 1.807) is 11.0 Å². The molecule has 0 radical (unpaired) electrons. The summed E-state index contributed by atoms with van der Waals surface area (Å²) >= 11 is 0. The number of amides is 1. The topological polar surface area (TPSA) is 53.3 Å². The van der Waals surface area contributed by atoms with E-state index in [1.807, 2.05) is 13.8 Å². The lowest BCUT2D eigenvalue weighted by atomic mass is 9.63. The van der Waals surface area contributed by atoms with E-state index in [-0.39, 0.29) is 23.7 Å². The Morgan fingerprint density at radius 3 is 2.91 bits per heavy atom. The van der Waals surface area contributed by atoms with E-state index < -0.39 is 5.41 Å². The summed E-state index contributed by atoms with van der Waals surface area (Å²) in [6.45, 7) is 4.64. The highest BCUT2D eigenvalue weighted by molar-refractivity contribution is 5.83. The highest BCUT2D eigenvalue weighted by atomic mass is 19.1. The molecule has 1 fully saturated rings. The molecule has 3 rings (SSSR count). The molecule has 1 aliphatic carbocycles. The molecule has 22 heavy (non-hydrogen) atoms. The second-order valence-corrected chi connectivity index (χ2v) is 6.66. The molecule has 1 aromatic rings. The lowest BCUT2D eigenvalue weighted by Crippen LogP contribution is -2.50. The van der Waals surface area contributed by atoms with Gasteiger partial charge in [-0.05, 0) is 38.0 Å². The molecule has 4 nitrogen and oxygen atoms in total. The summed E-state index contributed by atoms with van der Waals surface area (Å²) in [5, 5.41) is 8.92. The quantitative estimate of drug-likeness (QED) is 0.801. The number of benzene rings is 1. The van der Waals surface area contributed by atoms with Gasteiger partial charge in [0.15, 0.2) is 0 Å². The normalized spacial score (nSPS) is 30.4. The molecule has 0 saturated heterocycles. The van der Waals surface area contributed by atoms with Gasteiger partial charge in [0.05, 0.1) is 12.6 Å². The number of ether oxygens (including phenoxy) is 1. The first-order valence-electron chi connectivity index (χ1n) is 7.55. The Morgan fingerprint density at radius 2 is 2.23 bits per heavy atom. The van der Waals surface area contributed by atoms with Crippen LogP contribution in [0.15, 0.2) is 18.2 Å². The second kappa shape index (κ2) is 5.28. The van der Waals surface area contributed by atoms with Crippen LogP contribution in [-0.2, 0) is 11.3 Å². The minimum absolute atomic E-state index is 0.0284. The van der Waals surface area contributed by atoms with Crippen molar-refractivity contribution in [2.45, 2.75) is 39.3 Å². The van der Waals surface area contributed by atoms with Gasteiger partial charge in [-0.15, -0.1) is 0 Å². The third-order valence-corrected chi connectivity index (χ3v) is 4.57. The summed E-state index contributed by atoms with van der Waals surface area (Å²) < 4.78 is 19.3. The predicted molar refractivity (Wildman–Crippen MR) is 78.4 cm³/mol. The van der Waals surface area contributed by atoms with Crippen molar-refractivity contribution in [3.05, 3.63) is 29.6 Å². The van der Waals surface area contributed by atoms with E-state index in [4.69, 9.17) is 10.00 Å². The molecule has 116 valence electrons. The molecule has 0 bridgehead atoms. The van der Waals surface area contributed by atoms with Crippen molar-refractivity contribution in [2.75, 3.05) is 6.54 Å². The van der Waals surface area contributed by atoms with E-state index in [2.05, 4.69) is 6.07 Å². The van der Waals surface area contributed by atoms with Gasteiger partial charge in [0.1, 0.15) is 17.7 Å². The first-order chi connectivity index (χ1) is 10.4. The van der Waals surface area contributed by atoms with Gasteiger partial charge >= 0.3 is 0 Å². The Balaban J connectivity index is 1.83. The molecule has 1 heterocycles. The first kappa shape index (κ1) is 14.8. The summed E-state index contributed by atoms with van der Waals surface area (Å²) in [6, 6.07) is 6.62. The van der Waals surface area contributed by atoms with E-state index in [9.17, 15) is 9.18 Å². The number of hydrogen-bond donors (Lipinski definition) is 0. The highest BCUT2D eigenvalue weighted by Gasteiger charge is 2.48.